The third kappa shape index (κ3) is 26.8. The summed E-state index contributed by atoms with van der Waals surface area (Å²) in [5, 5.41) is 0. The van der Waals surface area contributed by atoms with Crippen LogP contribution in [0.15, 0.2) is 23.3 Å². The minimum atomic E-state index is 0. The van der Waals surface area contributed by atoms with Crippen LogP contribution in [-0.2, 0) is 9.59 Å². The van der Waals surface area contributed by atoms with E-state index in [-0.39, 0.29) is 14.6 Å². The molecule has 0 spiro atoms. The summed E-state index contributed by atoms with van der Waals surface area (Å²) in [6, 6.07) is 0. The van der Waals surface area contributed by atoms with Crippen molar-refractivity contribution in [1.82, 2.24) is 0 Å². The molecule has 0 unspecified atom stereocenters. The number of hydrogen-bond acceptors (Lipinski definition) is 2. The highest BCUT2D eigenvalue weighted by Gasteiger charge is 1.94. The Labute approximate surface area is 164 Å². The molecule has 0 aromatic heterocycles. The number of aldehydes is 1. The predicted octanol–water partition coefficient (Wildman–Crippen LogP) is 6.70. The smallest absolute Gasteiger partial charge is 0.130 e. The topological polar surface area (TPSA) is 34.1 Å². The number of carbonyl (C=O) groups excluding carboxylic acids is 2. The van der Waals surface area contributed by atoms with Gasteiger partial charge in [-0.1, -0.05) is 30.7 Å². The molecule has 0 aliphatic carbocycles. The van der Waals surface area contributed by atoms with Gasteiger partial charge in [0.15, 0.2) is 0 Å². The minimum Gasteiger partial charge on any atom is -0.303 e. The Bertz CT molecular complexity index is 548. The highest BCUT2D eigenvalue weighted by atomic mass is 16.1. The molecule has 0 aromatic rings. The molecule has 2 nitrogen and oxygen atoms in total. The van der Waals surface area contributed by atoms with E-state index in [2.05, 4.69) is 49.7 Å². The fourth-order valence-electron chi connectivity index (χ4n) is 1.90. The number of unbranched alkanes of at least 4 members (excludes halogenated alkanes) is 2. The van der Waals surface area contributed by atoms with Crippen LogP contribution in [0.3, 0.4) is 0 Å². The summed E-state index contributed by atoms with van der Waals surface area (Å²) in [7, 11) is 0. The molecule has 0 fully saturated rings. The summed E-state index contributed by atoms with van der Waals surface area (Å²) >= 11 is 0. The van der Waals surface area contributed by atoms with Crippen LogP contribution in [0.4, 0.5) is 0 Å². The standard InChI is InChI=1S/C12H18O.C11H16O.CH4.H2/c1-4-5-6-7-8-11(2)9-10-12(3)13;1-3-4-5-6-8-11(2)9-7-10-12;;/h8H,6-7,9-10H2,1-3H3;8,10H,5-7,9H2,1-2H3;1H4;1H/b2*11-8+;;/i;;;1+1. The van der Waals surface area contributed by atoms with Crippen molar-refractivity contribution in [3.05, 3.63) is 23.3 Å². The third-order valence-electron chi connectivity index (χ3n) is 3.41. The van der Waals surface area contributed by atoms with Gasteiger partial charge in [-0.05, 0) is 60.3 Å². The van der Waals surface area contributed by atoms with Crippen LogP contribution in [0.25, 0.3) is 0 Å². The van der Waals surface area contributed by atoms with E-state index in [0.29, 0.717) is 12.8 Å². The molecule has 0 bridgehead atoms. The van der Waals surface area contributed by atoms with E-state index in [4.69, 9.17) is 0 Å². The zero-order valence-corrected chi connectivity index (χ0v) is 16.7. The fraction of sp³-hybridized carbons (Fsp3) is 0.583. The van der Waals surface area contributed by atoms with Gasteiger partial charge in [0.1, 0.15) is 12.1 Å². The van der Waals surface area contributed by atoms with E-state index in [0.717, 1.165) is 44.8 Å². The lowest BCUT2D eigenvalue weighted by molar-refractivity contribution is -0.117. The summed E-state index contributed by atoms with van der Waals surface area (Å²) in [6.45, 7) is 9.47. The molecule has 0 atom stereocenters. The Hall–Kier alpha value is -2.06. The van der Waals surface area contributed by atoms with E-state index in [1.54, 1.807) is 6.92 Å². The van der Waals surface area contributed by atoms with Crippen LogP contribution in [0.5, 0.6) is 0 Å². The summed E-state index contributed by atoms with van der Waals surface area (Å²) in [4.78, 5) is 20.7. The van der Waals surface area contributed by atoms with Crippen molar-refractivity contribution in [1.29, 1.82) is 0 Å². The number of hydrogen-bond donors (Lipinski definition) is 0. The van der Waals surface area contributed by atoms with Gasteiger partial charge in [-0.15, -0.1) is 23.7 Å². The van der Waals surface area contributed by atoms with E-state index < -0.39 is 0 Å². The first-order valence-electron chi connectivity index (χ1n) is 9.01. The Morgan fingerprint density at radius 1 is 0.808 bits per heavy atom. The van der Waals surface area contributed by atoms with Crippen LogP contribution < -0.4 is 0 Å². The molecule has 0 aliphatic rings. The molecule has 0 radical (unpaired) electrons. The lowest BCUT2D eigenvalue weighted by Gasteiger charge is -1.97. The minimum absolute atomic E-state index is 0. The second-order valence-electron chi connectivity index (χ2n) is 5.94. The maximum Gasteiger partial charge on any atom is 0.130 e. The molecule has 0 saturated heterocycles. The molecule has 0 saturated carbocycles. The van der Waals surface area contributed by atoms with Gasteiger partial charge in [-0.3, -0.25) is 0 Å². The number of ketones is 1. The largest absolute Gasteiger partial charge is 0.303 e. The van der Waals surface area contributed by atoms with E-state index in [1.165, 1.54) is 11.1 Å². The maximum atomic E-state index is 10.7. The van der Waals surface area contributed by atoms with E-state index in [9.17, 15) is 9.59 Å². The fourth-order valence-corrected chi connectivity index (χ4v) is 1.90. The Kier molecular flexibility index (Phi) is 25.3. The normalized spacial score (nSPS) is 10.0. The number of Topliss-reactive ketones (excluding diaryl/α,β-unsaturated/α-hetero) is 1. The van der Waals surface area contributed by atoms with Crippen molar-refractivity contribution >= 4 is 12.1 Å². The predicted molar refractivity (Wildman–Crippen MR) is 117 cm³/mol. The van der Waals surface area contributed by atoms with Crippen molar-refractivity contribution in [3.8, 4) is 23.7 Å². The average molecular weight is 362 g/mol. The molecular weight excluding hydrogens is 320 g/mol. The van der Waals surface area contributed by atoms with Gasteiger partial charge in [0.05, 0.1) is 0 Å². The van der Waals surface area contributed by atoms with Crippen molar-refractivity contribution in [2.75, 3.05) is 0 Å². The molecule has 0 aromatic carbocycles. The Morgan fingerprint density at radius 3 is 1.65 bits per heavy atom. The first-order chi connectivity index (χ1) is 12.0. The zero-order chi connectivity index (χ0) is 19.3. The maximum absolute atomic E-state index is 10.7. The van der Waals surface area contributed by atoms with Gasteiger partial charge in [-0.2, -0.15) is 0 Å². The van der Waals surface area contributed by atoms with Gasteiger partial charge < -0.3 is 9.59 Å². The molecule has 0 rings (SSSR count). The number of allylic oxidation sites excluding steroid dienone is 4. The van der Waals surface area contributed by atoms with Crippen LogP contribution in [0.2, 0.25) is 0 Å². The molecule has 0 heterocycles. The van der Waals surface area contributed by atoms with Gasteiger partial charge in [0.25, 0.3) is 0 Å². The van der Waals surface area contributed by atoms with Crippen LogP contribution in [0, 0.1) is 23.7 Å². The number of rotatable bonds is 10. The summed E-state index contributed by atoms with van der Waals surface area (Å²) in [5.41, 5.74) is 2.59. The second kappa shape index (κ2) is 22.9. The van der Waals surface area contributed by atoms with Gasteiger partial charge in [-0.25, -0.2) is 0 Å². The van der Waals surface area contributed by atoms with Crippen LogP contribution >= 0.6 is 0 Å². The monoisotopic (exact) mass is 361 g/mol. The van der Waals surface area contributed by atoms with E-state index >= 15 is 0 Å². The molecule has 0 aliphatic heterocycles. The highest BCUT2D eigenvalue weighted by molar-refractivity contribution is 5.75. The van der Waals surface area contributed by atoms with Crippen molar-refractivity contribution < 1.29 is 11.0 Å². The highest BCUT2D eigenvalue weighted by Crippen LogP contribution is 2.06. The van der Waals surface area contributed by atoms with Gasteiger partial charge >= 0.3 is 0 Å². The zero-order valence-electron chi connectivity index (χ0n) is 16.7. The molecule has 0 N–H and O–H groups in total. The van der Waals surface area contributed by atoms with E-state index in [1.807, 2.05) is 13.8 Å². The van der Waals surface area contributed by atoms with Crippen molar-refractivity contribution in [2.24, 2.45) is 0 Å². The molecular formula is C24H40O2. The lowest BCUT2D eigenvalue weighted by Crippen LogP contribution is -1.89. The summed E-state index contributed by atoms with van der Waals surface area (Å²) in [5.74, 6) is 12.0. The lowest BCUT2D eigenvalue weighted by atomic mass is 10.1. The number of carbonyl (C=O) groups is 2. The van der Waals surface area contributed by atoms with Crippen LogP contribution in [0.1, 0.15) is 94.8 Å². The van der Waals surface area contributed by atoms with Crippen LogP contribution in [-0.4, -0.2) is 12.1 Å². The summed E-state index contributed by atoms with van der Waals surface area (Å²) in [6.07, 6.45) is 12.3. The Balaban J connectivity index is -0.000000183. The molecule has 26 heavy (non-hydrogen) atoms. The first kappa shape index (κ1) is 28.7. The summed E-state index contributed by atoms with van der Waals surface area (Å²) < 4.78 is 0. The van der Waals surface area contributed by atoms with Gasteiger partial charge in [0, 0.05) is 27.1 Å². The second-order valence-corrected chi connectivity index (χ2v) is 5.94. The average Bonchev–Trinajstić information content (AvgIpc) is 2.59. The third-order valence-corrected chi connectivity index (χ3v) is 3.41. The molecule has 0 amide bonds. The first-order valence-corrected chi connectivity index (χ1v) is 9.01. The quantitative estimate of drug-likeness (QED) is 0.188. The van der Waals surface area contributed by atoms with Gasteiger partial charge in [0.2, 0.25) is 0 Å². The molecule has 148 valence electrons. The SMILES string of the molecule is C.CC#CCC/C=C(\C)CCC(C)=O.CC#CCC/C=C(\C)CCC=O.[2HH]. The van der Waals surface area contributed by atoms with Crippen molar-refractivity contribution in [3.63, 3.8) is 0 Å². The molecule has 2 heteroatoms. The Morgan fingerprint density at radius 2 is 1.27 bits per heavy atom. The van der Waals surface area contributed by atoms with Crippen molar-refractivity contribution in [2.45, 2.75) is 93.4 Å².